The maximum absolute atomic E-state index is 6.34. The number of aromatic nitrogens is 2. The number of H-pyrrole nitrogens is 2. The predicted molar refractivity (Wildman–Crippen MR) is 89.4 cm³/mol. The van der Waals surface area contributed by atoms with Crippen molar-refractivity contribution in [2.75, 3.05) is 0 Å². The highest BCUT2D eigenvalue weighted by Gasteiger charge is 2.12. The quantitative estimate of drug-likeness (QED) is 0.486. The Labute approximate surface area is 131 Å². The SMILES string of the molecule is Clc1cccc2[nH]cc(Cc3c[nH]c4cccc(Cl)c34)c12. The van der Waals surface area contributed by atoms with Crippen molar-refractivity contribution in [3.8, 4) is 0 Å². The summed E-state index contributed by atoms with van der Waals surface area (Å²) in [6.45, 7) is 0. The minimum Gasteiger partial charge on any atom is -0.361 e. The first kappa shape index (κ1) is 12.8. The average molecular weight is 315 g/mol. The van der Waals surface area contributed by atoms with E-state index in [2.05, 4.69) is 9.97 Å². The maximum atomic E-state index is 6.34. The van der Waals surface area contributed by atoms with E-state index in [4.69, 9.17) is 23.2 Å². The van der Waals surface area contributed by atoms with Crippen LogP contribution in [0.1, 0.15) is 11.1 Å². The Morgan fingerprint density at radius 2 is 1.19 bits per heavy atom. The van der Waals surface area contributed by atoms with Crippen molar-refractivity contribution in [3.05, 3.63) is 70.0 Å². The first-order valence-corrected chi connectivity index (χ1v) is 7.48. The van der Waals surface area contributed by atoms with Gasteiger partial charge in [-0.3, -0.25) is 0 Å². The molecule has 104 valence electrons. The Balaban J connectivity index is 1.87. The molecule has 2 aromatic carbocycles. The van der Waals surface area contributed by atoms with Crippen LogP contribution in [0.5, 0.6) is 0 Å². The van der Waals surface area contributed by atoms with E-state index in [1.807, 2.05) is 48.8 Å². The van der Waals surface area contributed by atoms with Crippen molar-refractivity contribution in [1.29, 1.82) is 0 Å². The summed E-state index contributed by atoms with van der Waals surface area (Å²) in [6, 6.07) is 11.8. The molecule has 0 saturated carbocycles. The van der Waals surface area contributed by atoms with Crippen molar-refractivity contribution in [2.45, 2.75) is 6.42 Å². The van der Waals surface area contributed by atoms with E-state index < -0.39 is 0 Å². The van der Waals surface area contributed by atoms with Crippen LogP contribution >= 0.6 is 23.2 Å². The van der Waals surface area contributed by atoms with E-state index in [0.717, 1.165) is 38.3 Å². The molecule has 0 aliphatic rings. The second-order valence-electron chi connectivity index (χ2n) is 5.13. The summed E-state index contributed by atoms with van der Waals surface area (Å²) in [4.78, 5) is 6.55. The average Bonchev–Trinajstić information content (AvgIpc) is 3.06. The Hall–Kier alpha value is -1.90. The summed E-state index contributed by atoms with van der Waals surface area (Å²) < 4.78 is 0. The fourth-order valence-corrected chi connectivity index (χ4v) is 3.49. The Morgan fingerprint density at radius 3 is 1.67 bits per heavy atom. The van der Waals surface area contributed by atoms with Crippen LogP contribution in [0.25, 0.3) is 21.8 Å². The molecule has 2 heterocycles. The van der Waals surface area contributed by atoms with Gasteiger partial charge in [-0.05, 0) is 35.4 Å². The van der Waals surface area contributed by atoms with Crippen LogP contribution in [0.3, 0.4) is 0 Å². The number of hydrogen-bond donors (Lipinski definition) is 2. The smallest absolute Gasteiger partial charge is 0.0502 e. The molecule has 0 fully saturated rings. The molecule has 0 unspecified atom stereocenters. The third-order valence-electron chi connectivity index (χ3n) is 3.85. The third-order valence-corrected chi connectivity index (χ3v) is 4.48. The lowest BCUT2D eigenvalue weighted by Crippen LogP contribution is -1.86. The van der Waals surface area contributed by atoms with Gasteiger partial charge < -0.3 is 9.97 Å². The van der Waals surface area contributed by atoms with E-state index in [0.29, 0.717) is 0 Å². The summed E-state index contributed by atoms with van der Waals surface area (Å²) >= 11 is 12.7. The minimum atomic E-state index is 0.773. The van der Waals surface area contributed by atoms with E-state index in [9.17, 15) is 0 Å². The first-order chi connectivity index (χ1) is 10.2. The van der Waals surface area contributed by atoms with Gasteiger partial charge in [-0.2, -0.15) is 0 Å². The van der Waals surface area contributed by atoms with Gasteiger partial charge in [0.2, 0.25) is 0 Å². The molecule has 0 atom stereocenters. The highest BCUT2D eigenvalue weighted by molar-refractivity contribution is 6.36. The summed E-state index contributed by atoms with van der Waals surface area (Å²) in [6.07, 6.45) is 4.83. The molecule has 4 aromatic rings. The van der Waals surface area contributed by atoms with Gasteiger partial charge in [0.15, 0.2) is 0 Å². The topological polar surface area (TPSA) is 31.6 Å². The van der Waals surface area contributed by atoms with E-state index in [1.165, 1.54) is 11.1 Å². The number of benzene rings is 2. The normalized spacial score (nSPS) is 11.5. The van der Waals surface area contributed by atoms with Crippen LogP contribution in [-0.4, -0.2) is 9.97 Å². The van der Waals surface area contributed by atoms with Crippen molar-refractivity contribution >= 4 is 45.0 Å². The summed E-state index contributed by atoms with van der Waals surface area (Å²) in [5.74, 6) is 0. The van der Waals surface area contributed by atoms with Gasteiger partial charge in [-0.1, -0.05) is 35.3 Å². The maximum Gasteiger partial charge on any atom is 0.0502 e. The van der Waals surface area contributed by atoms with Crippen LogP contribution in [0.2, 0.25) is 10.0 Å². The largest absolute Gasteiger partial charge is 0.361 e. The molecule has 21 heavy (non-hydrogen) atoms. The molecule has 4 heteroatoms. The van der Waals surface area contributed by atoms with Gasteiger partial charge in [-0.25, -0.2) is 0 Å². The number of halogens is 2. The van der Waals surface area contributed by atoms with Gasteiger partial charge >= 0.3 is 0 Å². The molecule has 0 bridgehead atoms. The van der Waals surface area contributed by atoms with Gasteiger partial charge in [0, 0.05) is 40.6 Å². The summed E-state index contributed by atoms with van der Waals surface area (Å²) in [5.41, 5.74) is 4.47. The van der Waals surface area contributed by atoms with E-state index in [1.54, 1.807) is 0 Å². The number of nitrogens with one attached hydrogen (secondary N) is 2. The fourth-order valence-electron chi connectivity index (χ4n) is 2.90. The van der Waals surface area contributed by atoms with Crippen LogP contribution in [-0.2, 0) is 6.42 Å². The van der Waals surface area contributed by atoms with Crippen molar-refractivity contribution in [3.63, 3.8) is 0 Å². The molecule has 0 spiro atoms. The molecular formula is C17H12Cl2N2. The van der Waals surface area contributed by atoms with Gasteiger partial charge in [0.05, 0.1) is 10.0 Å². The lowest BCUT2D eigenvalue weighted by Gasteiger charge is -2.02. The molecule has 4 rings (SSSR count). The number of aromatic amines is 2. The molecule has 0 aliphatic heterocycles. The highest BCUT2D eigenvalue weighted by atomic mass is 35.5. The Kier molecular flexibility index (Phi) is 2.95. The summed E-state index contributed by atoms with van der Waals surface area (Å²) in [7, 11) is 0. The van der Waals surface area contributed by atoms with Crippen LogP contribution in [0.4, 0.5) is 0 Å². The molecule has 0 amide bonds. The zero-order valence-electron chi connectivity index (χ0n) is 11.1. The highest BCUT2D eigenvalue weighted by Crippen LogP contribution is 2.32. The van der Waals surface area contributed by atoms with Crippen molar-refractivity contribution in [2.24, 2.45) is 0 Å². The summed E-state index contributed by atoms with van der Waals surface area (Å²) in [5, 5.41) is 3.71. The molecule has 2 N–H and O–H groups in total. The van der Waals surface area contributed by atoms with Crippen LogP contribution in [0, 0.1) is 0 Å². The third kappa shape index (κ3) is 2.03. The van der Waals surface area contributed by atoms with Gasteiger partial charge in [0.1, 0.15) is 0 Å². The zero-order valence-corrected chi connectivity index (χ0v) is 12.6. The first-order valence-electron chi connectivity index (χ1n) is 6.73. The fraction of sp³-hybridized carbons (Fsp3) is 0.0588. The Morgan fingerprint density at radius 1 is 0.714 bits per heavy atom. The molecule has 0 aliphatic carbocycles. The molecule has 2 aromatic heterocycles. The lowest BCUT2D eigenvalue weighted by atomic mass is 10.0. The van der Waals surface area contributed by atoms with Crippen LogP contribution in [0.15, 0.2) is 48.8 Å². The van der Waals surface area contributed by atoms with Crippen molar-refractivity contribution in [1.82, 2.24) is 9.97 Å². The molecule has 2 nitrogen and oxygen atoms in total. The molecule has 0 radical (unpaired) electrons. The van der Waals surface area contributed by atoms with Gasteiger partial charge in [-0.15, -0.1) is 0 Å². The van der Waals surface area contributed by atoms with E-state index >= 15 is 0 Å². The molecule has 0 saturated heterocycles. The number of rotatable bonds is 2. The molecular weight excluding hydrogens is 303 g/mol. The number of fused-ring (bicyclic) bond motifs is 2. The minimum absolute atomic E-state index is 0.773. The van der Waals surface area contributed by atoms with Crippen molar-refractivity contribution < 1.29 is 0 Å². The zero-order chi connectivity index (χ0) is 14.4. The Bertz CT molecular complexity index is 872. The van der Waals surface area contributed by atoms with Crippen LogP contribution < -0.4 is 0 Å². The van der Waals surface area contributed by atoms with Gasteiger partial charge in [0.25, 0.3) is 0 Å². The lowest BCUT2D eigenvalue weighted by molar-refractivity contribution is 1.22. The van der Waals surface area contributed by atoms with E-state index in [-0.39, 0.29) is 0 Å². The standard InChI is InChI=1S/C17H12Cl2N2/c18-12-3-1-5-14-16(12)10(8-20-14)7-11-9-21-15-6-2-4-13(19)17(11)15/h1-6,8-9,20-21H,7H2. The predicted octanol–water partition coefficient (Wildman–Crippen LogP) is 5.55. The second-order valence-corrected chi connectivity index (χ2v) is 5.94. The monoisotopic (exact) mass is 314 g/mol. The number of hydrogen-bond acceptors (Lipinski definition) is 0. The second kappa shape index (κ2) is 4.83.